The standard InChI is InChI=1S/C22H23NO4S.C21H20N2O4S.CH4O/c1-26-19-9-7-15(13-20(19)27-2)18(24)8-10-22(25)23-12-11-16-14-28-21-6-4-3-5-17(16)21;1-26-18-9-7-14(11-19(18)27-2)17(24)8-10-21(25)23-22-12-15-13-28-20-6-4-3-5-16(15)20;1-2/h3-7,9,13-14H,8,10-12H2,1-2H3,(H,23,25);3-7,9,11-13H,8,10H2,1-2H3,(H,23,25);2H,1H3/b;22-12+;. The van der Waals surface area contributed by atoms with E-state index in [2.05, 4.69) is 33.4 Å². The minimum atomic E-state index is -0.315. The number of nitrogens with zero attached hydrogens (tertiary/aromatic N) is 1. The predicted octanol–water partition coefficient (Wildman–Crippen LogP) is 7.88. The van der Waals surface area contributed by atoms with Gasteiger partial charge in [-0.15, -0.1) is 22.7 Å². The maximum absolute atomic E-state index is 12.3. The van der Waals surface area contributed by atoms with Crippen molar-refractivity contribution in [3.8, 4) is 23.0 Å². The highest BCUT2D eigenvalue weighted by Crippen LogP contribution is 2.30. The summed E-state index contributed by atoms with van der Waals surface area (Å²) in [5.74, 6) is 1.41. The fraction of sp³-hybridized carbons (Fsp3) is 0.250. The summed E-state index contributed by atoms with van der Waals surface area (Å²) in [7, 11) is 7.11. The van der Waals surface area contributed by atoms with Crippen LogP contribution in [0.5, 0.6) is 23.0 Å². The molecule has 12 nitrogen and oxygen atoms in total. The number of carbonyl (C=O) groups is 4. The third kappa shape index (κ3) is 12.5. The van der Waals surface area contributed by atoms with Crippen LogP contribution in [0.3, 0.4) is 0 Å². The van der Waals surface area contributed by atoms with E-state index in [1.807, 2.05) is 41.8 Å². The van der Waals surface area contributed by atoms with Crippen molar-refractivity contribution in [2.45, 2.75) is 32.1 Å². The molecule has 0 aliphatic carbocycles. The molecular formula is C44H47N3O9S2. The van der Waals surface area contributed by atoms with Crippen molar-refractivity contribution in [1.29, 1.82) is 0 Å². The Morgan fingerprint density at radius 2 is 1.12 bits per heavy atom. The third-order valence-electron chi connectivity index (χ3n) is 8.75. The van der Waals surface area contributed by atoms with E-state index in [0.29, 0.717) is 40.7 Å². The van der Waals surface area contributed by atoms with Gasteiger partial charge in [0.2, 0.25) is 11.8 Å². The summed E-state index contributed by atoms with van der Waals surface area (Å²) in [6, 6.07) is 26.2. The molecule has 14 heteroatoms. The lowest BCUT2D eigenvalue weighted by atomic mass is 10.1. The van der Waals surface area contributed by atoms with Crippen LogP contribution in [0.1, 0.15) is 57.5 Å². The van der Waals surface area contributed by atoms with Gasteiger partial charge in [0.25, 0.3) is 0 Å². The number of nitrogens with one attached hydrogen (secondary N) is 2. The van der Waals surface area contributed by atoms with Gasteiger partial charge >= 0.3 is 0 Å². The first-order chi connectivity index (χ1) is 28.2. The quantitative estimate of drug-likeness (QED) is 0.0472. The monoisotopic (exact) mass is 825 g/mol. The van der Waals surface area contributed by atoms with Gasteiger partial charge in [0.15, 0.2) is 34.6 Å². The zero-order valence-electron chi connectivity index (χ0n) is 33.0. The largest absolute Gasteiger partial charge is 0.493 e. The first-order valence-electron chi connectivity index (χ1n) is 18.2. The predicted molar refractivity (Wildman–Crippen MR) is 230 cm³/mol. The van der Waals surface area contributed by atoms with Crippen LogP contribution in [-0.4, -0.2) is 76.8 Å². The molecule has 0 spiro atoms. The summed E-state index contributed by atoms with van der Waals surface area (Å²) in [6.45, 7) is 0.560. The minimum absolute atomic E-state index is 0.0505. The second-order valence-corrected chi connectivity index (χ2v) is 14.1. The molecule has 0 aliphatic heterocycles. The van der Waals surface area contributed by atoms with E-state index in [4.69, 9.17) is 24.1 Å². The number of hydrogen-bond acceptors (Lipinski definition) is 12. The molecule has 0 aliphatic rings. The van der Waals surface area contributed by atoms with E-state index in [0.717, 1.165) is 29.2 Å². The lowest BCUT2D eigenvalue weighted by molar-refractivity contribution is -0.121. The highest BCUT2D eigenvalue weighted by molar-refractivity contribution is 7.17. The molecule has 3 N–H and O–H groups in total. The molecule has 0 atom stereocenters. The van der Waals surface area contributed by atoms with Crippen LogP contribution >= 0.6 is 22.7 Å². The highest BCUT2D eigenvalue weighted by Gasteiger charge is 2.14. The second-order valence-electron chi connectivity index (χ2n) is 12.3. The number of thiophene rings is 2. The number of fused-ring (bicyclic) bond motifs is 2. The molecule has 58 heavy (non-hydrogen) atoms. The van der Waals surface area contributed by atoms with Gasteiger partial charge in [-0.25, -0.2) is 5.43 Å². The fourth-order valence-electron chi connectivity index (χ4n) is 5.74. The summed E-state index contributed by atoms with van der Waals surface area (Å²) >= 11 is 3.34. The maximum Gasteiger partial charge on any atom is 0.240 e. The second kappa shape index (κ2) is 23.2. The van der Waals surface area contributed by atoms with Crippen molar-refractivity contribution in [2.75, 3.05) is 42.1 Å². The normalized spacial score (nSPS) is 10.5. The SMILES string of the molecule is CO.COc1ccc(C(=O)CCC(=O)N/N=C/c2csc3ccccc23)cc1OC.COc1ccc(C(=O)CCC(=O)NCCc2csc3ccccc23)cc1OC. The lowest BCUT2D eigenvalue weighted by Crippen LogP contribution is -2.26. The van der Waals surface area contributed by atoms with Crippen LogP contribution in [-0.2, 0) is 16.0 Å². The molecule has 304 valence electrons. The van der Waals surface area contributed by atoms with Gasteiger partial charge in [-0.1, -0.05) is 36.4 Å². The summed E-state index contributed by atoms with van der Waals surface area (Å²) in [6.07, 6.45) is 2.85. The molecule has 0 fully saturated rings. The average Bonchev–Trinajstić information content (AvgIpc) is 3.89. The van der Waals surface area contributed by atoms with Gasteiger partial charge in [-0.05, 0) is 71.3 Å². The van der Waals surface area contributed by atoms with E-state index in [-0.39, 0.29) is 49.1 Å². The zero-order valence-corrected chi connectivity index (χ0v) is 34.7. The van der Waals surface area contributed by atoms with Crippen molar-refractivity contribution in [3.05, 3.63) is 118 Å². The van der Waals surface area contributed by atoms with Gasteiger partial charge in [-0.3, -0.25) is 19.2 Å². The molecule has 2 aromatic heterocycles. The van der Waals surface area contributed by atoms with Crippen molar-refractivity contribution >= 4 is 72.4 Å². The number of benzene rings is 4. The molecule has 0 bridgehead atoms. The Kier molecular flexibility index (Phi) is 17.9. The minimum Gasteiger partial charge on any atom is -0.493 e. The topological polar surface area (TPSA) is 162 Å². The van der Waals surface area contributed by atoms with Crippen LogP contribution in [0.15, 0.2) is 101 Å². The first kappa shape index (κ1) is 44.6. The number of hydrogen-bond donors (Lipinski definition) is 3. The van der Waals surface area contributed by atoms with E-state index in [9.17, 15) is 19.2 Å². The van der Waals surface area contributed by atoms with E-state index < -0.39 is 0 Å². The smallest absolute Gasteiger partial charge is 0.240 e. The number of ketones is 2. The average molecular weight is 826 g/mol. The number of carbonyl (C=O) groups excluding carboxylic acids is 4. The molecule has 4 aromatic carbocycles. The number of hydrazone groups is 1. The Bertz CT molecular complexity index is 2330. The molecule has 6 rings (SSSR count). The van der Waals surface area contributed by atoms with Gasteiger partial charge in [-0.2, -0.15) is 5.10 Å². The van der Waals surface area contributed by atoms with Gasteiger partial charge in [0.1, 0.15) is 0 Å². The molecule has 6 aromatic rings. The number of rotatable bonds is 17. The lowest BCUT2D eigenvalue weighted by Gasteiger charge is -2.09. The zero-order chi connectivity index (χ0) is 41.9. The number of aliphatic hydroxyl groups excluding tert-OH is 1. The summed E-state index contributed by atoms with van der Waals surface area (Å²) in [5.41, 5.74) is 5.64. The summed E-state index contributed by atoms with van der Waals surface area (Å²) < 4.78 is 23.2. The van der Waals surface area contributed by atoms with Crippen LogP contribution in [0.2, 0.25) is 0 Å². The van der Waals surface area contributed by atoms with Crippen molar-refractivity contribution < 1.29 is 43.2 Å². The number of amides is 2. The molecule has 0 saturated carbocycles. The Labute approximate surface area is 345 Å². The molecule has 0 unspecified atom stereocenters. The third-order valence-corrected chi connectivity index (χ3v) is 10.7. The summed E-state index contributed by atoms with van der Waals surface area (Å²) in [4.78, 5) is 48.7. The number of methoxy groups -OCH3 is 4. The van der Waals surface area contributed by atoms with Crippen LogP contribution < -0.4 is 29.7 Å². The Balaban J connectivity index is 0.000000246. The molecular weight excluding hydrogens is 779 g/mol. The maximum atomic E-state index is 12.3. The van der Waals surface area contributed by atoms with Gasteiger partial charge in [0, 0.05) is 76.2 Å². The van der Waals surface area contributed by atoms with E-state index >= 15 is 0 Å². The molecule has 0 radical (unpaired) electrons. The number of aliphatic hydroxyl groups is 1. The molecule has 2 amide bonds. The van der Waals surface area contributed by atoms with Crippen molar-refractivity contribution in [3.63, 3.8) is 0 Å². The van der Waals surface area contributed by atoms with Crippen molar-refractivity contribution in [1.82, 2.24) is 10.7 Å². The number of Topliss-reactive ketones (excluding diaryl/α,β-unsaturated/α-hetero) is 2. The number of ether oxygens (including phenoxy) is 4. The molecule has 0 saturated heterocycles. The van der Waals surface area contributed by atoms with Crippen LogP contribution in [0, 0.1) is 0 Å². The van der Waals surface area contributed by atoms with E-state index in [1.165, 1.54) is 37.0 Å². The van der Waals surface area contributed by atoms with Gasteiger partial charge < -0.3 is 29.4 Å². The first-order valence-corrected chi connectivity index (χ1v) is 20.0. The van der Waals surface area contributed by atoms with Crippen LogP contribution in [0.4, 0.5) is 0 Å². The Morgan fingerprint density at radius 3 is 1.69 bits per heavy atom. The fourth-order valence-corrected chi connectivity index (χ4v) is 7.65. The Morgan fingerprint density at radius 1 is 0.621 bits per heavy atom. The van der Waals surface area contributed by atoms with Crippen LogP contribution in [0.25, 0.3) is 20.2 Å². The van der Waals surface area contributed by atoms with E-state index in [1.54, 1.807) is 72.4 Å². The molecule has 2 heterocycles. The highest BCUT2D eigenvalue weighted by atomic mass is 32.1. The van der Waals surface area contributed by atoms with Crippen molar-refractivity contribution in [2.24, 2.45) is 5.10 Å². The van der Waals surface area contributed by atoms with Gasteiger partial charge in [0.05, 0.1) is 34.7 Å². The Hall–Kier alpha value is -6.09. The summed E-state index contributed by atoms with van der Waals surface area (Å²) in [5, 5.41) is 20.4.